The number of hydrogen-bond acceptors (Lipinski definition) is 3. The summed E-state index contributed by atoms with van der Waals surface area (Å²) in [6.45, 7) is 4.08. The van der Waals surface area contributed by atoms with Gasteiger partial charge in [0.15, 0.2) is 0 Å². The zero-order chi connectivity index (χ0) is 15.6. The Kier molecular flexibility index (Phi) is 5.81. The number of rotatable bonds is 5. The van der Waals surface area contributed by atoms with Crippen molar-refractivity contribution in [3.8, 4) is 5.75 Å². The molecule has 0 amide bonds. The summed E-state index contributed by atoms with van der Waals surface area (Å²) in [6, 6.07) is 7.16. The lowest BCUT2D eigenvalue weighted by Crippen LogP contribution is -2.31. The molecule has 0 aliphatic rings. The van der Waals surface area contributed by atoms with E-state index in [1.54, 1.807) is 23.5 Å². The second-order valence-corrected chi connectivity index (χ2v) is 7.30. The van der Waals surface area contributed by atoms with E-state index in [-0.39, 0.29) is 12.1 Å². The third kappa shape index (κ3) is 4.05. The largest absolute Gasteiger partial charge is 0.482 e. The predicted octanol–water partition coefficient (Wildman–Crippen LogP) is 5.87. The van der Waals surface area contributed by atoms with Gasteiger partial charge in [-0.15, -0.1) is 11.3 Å². The Labute approximate surface area is 143 Å². The summed E-state index contributed by atoms with van der Waals surface area (Å²) in [5.41, 5.74) is 6.20. The molecule has 2 rings (SSSR count). The van der Waals surface area contributed by atoms with Gasteiger partial charge in [0.05, 0.1) is 15.1 Å². The van der Waals surface area contributed by atoms with Crippen molar-refractivity contribution in [2.75, 3.05) is 0 Å². The molecule has 1 heterocycles. The van der Waals surface area contributed by atoms with Gasteiger partial charge in [-0.3, -0.25) is 0 Å². The molecule has 6 heteroatoms. The van der Waals surface area contributed by atoms with Crippen LogP contribution in [0.5, 0.6) is 5.75 Å². The van der Waals surface area contributed by atoms with Gasteiger partial charge in [0, 0.05) is 21.9 Å². The number of hydrogen-bond donors (Lipinski definition) is 1. The number of nitrogens with two attached hydrogens (primary N) is 1. The molecule has 0 saturated carbocycles. The van der Waals surface area contributed by atoms with Gasteiger partial charge in [-0.2, -0.15) is 0 Å². The van der Waals surface area contributed by atoms with Crippen LogP contribution in [0.15, 0.2) is 24.3 Å². The minimum absolute atomic E-state index is 0.131. The number of halogens is 3. The van der Waals surface area contributed by atoms with E-state index in [1.807, 2.05) is 13.0 Å². The SMILES string of the molecule is CCC(N)C(Oc1cc(Cl)c(Cl)cc1Cl)c1ccc(C)s1. The molecule has 0 saturated heterocycles. The molecular formula is C15H16Cl3NOS. The van der Waals surface area contributed by atoms with Gasteiger partial charge in [0.2, 0.25) is 0 Å². The quantitative estimate of drug-likeness (QED) is 0.673. The van der Waals surface area contributed by atoms with E-state index in [9.17, 15) is 0 Å². The van der Waals surface area contributed by atoms with Gasteiger partial charge >= 0.3 is 0 Å². The van der Waals surface area contributed by atoms with E-state index in [2.05, 4.69) is 13.0 Å². The first-order chi connectivity index (χ1) is 9.92. The summed E-state index contributed by atoms with van der Waals surface area (Å²) in [4.78, 5) is 2.28. The van der Waals surface area contributed by atoms with Crippen molar-refractivity contribution >= 4 is 46.1 Å². The normalized spacial score (nSPS) is 14.0. The van der Waals surface area contributed by atoms with E-state index in [0.717, 1.165) is 11.3 Å². The maximum atomic E-state index is 6.20. The van der Waals surface area contributed by atoms with Crippen molar-refractivity contribution < 1.29 is 4.74 Å². The molecule has 1 aromatic carbocycles. The van der Waals surface area contributed by atoms with Gasteiger partial charge in [-0.05, 0) is 31.5 Å². The van der Waals surface area contributed by atoms with Crippen LogP contribution in [-0.4, -0.2) is 6.04 Å². The van der Waals surface area contributed by atoms with Crippen LogP contribution in [0.2, 0.25) is 15.1 Å². The Morgan fingerprint density at radius 2 is 1.81 bits per heavy atom. The Morgan fingerprint density at radius 1 is 1.14 bits per heavy atom. The molecule has 0 fully saturated rings. The second kappa shape index (κ2) is 7.21. The maximum absolute atomic E-state index is 6.20. The molecule has 0 bridgehead atoms. The van der Waals surface area contributed by atoms with E-state index < -0.39 is 0 Å². The highest BCUT2D eigenvalue weighted by Gasteiger charge is 2.23. The molecular weight excluding hydrogens is 349 g/mol. The molecule has 0 radical (unpaired) electrons. The molecule has 2 nitrogen and oxygen atoms in total. The van der Waals surface area contributed by atoms with Crippen LogP contribution in [0, 0.1) is 6.92 Å². The van der Waals surface area contributed by atoms with Crippen molar-refractivity contribution in [1.82, 2.24) is 0 Å². The van der Waals surface area contributed by atoms with Crippen molar-refractivity contribution in [3.05, 3.63) is 49.1 Å². The summed E-state index contributed by atoms with van der Waals surface area (Å²) in [5.74, 6) is 0.492. The average Bonchev–Trinajstić information content (AvgIpc) is 2.87. The predicted molar refractivity (Wildman–Crippen MR) is 92.2 cm³/mol. The summed E-state index contributed by atoms with van der Waals surface area (Å²) < 4.78 is 6.04. The molecule has 2 aromatic rings. The number of ether oxygens (including phenoxy) is 1. The van der Waals surface area contributed by atoms with Crippen LogP contribution >= 0.6 is 46.1 Å². The monoisotopic (exact) mass is 363 g/mol. The molecule has 0 aliphatic heterocycles. The first-order valence-electron chi connectivity index (χ1n) is 6.55. The Hall–Kier alpha value is -0.450. The van der Waals surface area contributed by atoms with Crippen LogP contribution in [0.3, 0.4) is 0 Å². The van der Waals surface area contributed by atoms with Gasteiger partial charge in [0.1, 0.15) is 11.9 Å². The fourth-order valence-electron chi connectivity index (χ4n) is 1.91. The Morgan fingerprint density at radius 3 is 2.38 bits per heavy atom. The minimum atomic E-state index is -0.261. The smallest absolute Gasteiger partial charge is 0.148 e. The lowest BCUT2D eigenvalue weighted by molar-refractivity contribution is 0.175. The fraction of sp³-hybridized carbons (Fsp3) is 0.333. The summed E-state index contributed by atoms with van der Waals surface area (Å²) >= 11 is 19.8. The van der Waals surface area contributed by atoms with Crippen molar-refractivity contribution in [3.63, 3.8) is 0 Å². The first-order valence-corrected chi connectivity index (χ1v) is 8.50. The molecule has 2 N–H and O–H groups in total. The minimum Gasteiger partial charge on any atom is -0.482 e. The van der Waals surface area contributed by atoms with Crippen LogP contribution in [-0.2, 0) is 0 Å². The van der Waals surface area contributed by atoms with Gasteiger partial charge in [0.25, 0.3) is 0 Å². The van der Waals surface area contributed by atoms with Crippen molar-refractivity contribution in [2.24, 2.45) is 5.73 Å². The van der Waals surface area contributed by atoms with E-state index >= 15 is 0 Å². The molecule has 114 valence electrons. The standard InChI is InChI=1S/C15H16Cl3NOS/c1-3-12(19)15(14-5-4-8(2)21-14)20-13-7-10(17)9(16)6-11(13)18/h4-7,12,15H,3,19H2,1-2H3. The molecule has 2 atom stereocenters. The second-order valence-electron chi connectivity index (χ2n) is 4.76. The Balaban J connectivity index is 2.33. The lowest BCUT2D eigenvalue weighted by atomic mass is 10.1. The summed E-state index contributed by atoms with van der Waals surface area (Å²) in [6.07, 6.45) is 0.532. The maximum Gasteiger partial charge on any atom is 0.148 e. The fourth-order valence-corrected chi connectivity index (χ4v) is 3.47. The van der Waals surface area contributed by atoms with Crippen LogP contribution in [0.4, 0.5) is 0 Å². The number of aryl methyl sites for hydroxylation is 1. The zero-order valence-electron chi connectivity index (χ0n) is 11.7. The van der Waals surface area contributed by atoms with E-state index in [0.29, 0.717) is 20.8 Å². The topological polar surface area (TPSA) is 35.2 Å². The lowest BCUT2D eigenvalue weighted by Gasteiger charge is -2.24. The molecule has 2 unspecified atom stereocenters. The van der Waals surface area contributed by atoms with Gasteiger partial charge < -0.3 is 10.5 Å². The molecule has 1 aromatic heterocycles. The zero-order valence-corrected chi connectivity index (χ0v) is 14.8. The van der Waals surface area contributed by atoms with Crippen LogP contribution in [0.25, 0.3) is 0 Å². The third-order valence-corrected chi connectivity index (χ3v) is 5.21. The van der Waals surface area contributed by atoms with Crippen LogP contribution in [0.1, 0.15) is 29.2 Å². The molecule has 0 spiro atoms. The summed E-state index contributed by atoms with van der Waals surface area (Å²) in [7, 11) is 0. The third-order valence-electron chi connectivity index (χ3n) is 3.13. The highest BCUT2D eigenvalue weighted by Crippen LogP contribution is 2.38. The average molecular weight is 365 g/mol. The number of thiophene rings is 1. The van der Waals surface area contributed by atoms with Crippen molar-refractivity contribution in [1.29, 1.82) is 0 Å². The van der Waals surface area contributed by atoms with Crippen LogP contribution < -0.4 is 10.5 Å². The highest BCUT2D eigenvalue weighted by molar-refractivity contribution is 7.12. The summed E-state index contributed by atoms with van der Waals surface area (Å²) in [5, 5.41) is 1.23. The first kappa shape index (κ1) is 16.9. The molecule has 0 aliphatic carbocycles. The van der Waals surface area contributed by atoms with Gasteiger partial charge in [-0.25, -0.2) is 0 Å². The molecule has 21 heavy (non-hydrogen) atoms. The van der Waals surface area contributed by atoms with Crippen molar-refractivity contribution in [2.45, 2.75) is 32.4 Å². The van der Waals surface area contributed by atoms with Gasteiger partial charge in [-0.1, -0.05) is 41.7 Å². The van der Waals surface area contributed by atoms with E-state index in [1.165, 1.54) is 4.88 Å². The Bertz CT molecular complexity index is 629. The van der Waals surface area contributed by atoms with E-state index in [4.69, 9.17) is 45.3 Å². The highest BCUT2D eigenvalue weighted by atomic mass is 35.5. The number of benzene rings is 1.